The molecule has 0 unspecified atom stereocenters. The van der Waals surface area contributed by atoms with Gasteiger partial charge in [-0.2, -0.15) is 8.78 Å². The highest BCUT2D eigenvalue weighted by molar-refractivity contribution is 5.97. The summed E-state index contributed by atoms with van der Waals surface area (Å²) in [5.74, 6) is -0.384. The van der Waals surface area contributed by atoms with Gasteiger partial charge < -0.3 is 15.0 Å². The van der Waals surface area contributed by atoms with Gasteiger partial charge in [0, 0.05) is 12.1 Å². The summed E-state index contributed by atoms with van der Waals surface area (Å²) in [7, 11) is 0. The van der Waals surface area contributed by atoms with E-state index >= 15 is 0 Å². The number of carbonyl (C=O) groups excluding carboxylic acids is 1. The topological polar surface area (TPSA) is 71.2 Å². The molecule has 3 aromatic rings. The van der Waals surface area contributed by atoms with Crippen LogP contribution in [0.25, 0.3) is 10.9 Å². The molecule has 0 spiro atoms. The summed E-state index contributed by atoms with van der Waals surface area (Å²) in [6, 6.07) is 14.9. The van der Waals surface area contributed by atoms with Crippen molar-refractivity contribution >= 4 is 16.8 Å². The van der Waals surface area contributed by atoms with Crippen LogP contribution in [0.15, 0.2) is 59.4 Å². The lowest BCUT2D eigenvalue weighted by atomic mass is 10.1. The second kappa shape index (κ2) is 7.77. The Labute approximate surface area is 147 Å². The number of halogens is 2. The summed E-state index contributed by atoms with van der Waals surface area (Å²) in [6.07, 6.45) is 0.492. The fourth-order valence-corrected chi connectivity index (χ4v) is 2.57. The number of benzene rings is 2. The van der Waals surface area contributed by atoms with E-state index in [0.29, 0.717) is 18.5 Å². The number of rotatable bonds is 6. The number of amides is 1. The highest BCUT2D eigenvalue weighted by Crippen LogP contribution is 2.15. The van der Waals surface area contributed by atoms with Crippen molar-refractivity contribution in [2.75, 3.05) is 6.54 Å². The molecule has 2 aromatic carbocycles. The molecule has 1 amide bonds. The summed E-state index contributed by atoms with van der Waals surface area (Å²) in [5.41, 5.74) is 1.11. The third-order valence-corrected chi connectivity index (χ3v) is 3.85. The van der Waals surface area contributed by atoms with Crippen molar-refractivity contribution in [1.82, 2.24) is 10.3 Å². The van der Waals surface area contributed by atoms with Gasteiger partial charge >= 0.3 is 6.61 Å². The van der Waals surface area contributed by atoms with Gasteiger partial charge in [0.25, 0.3) is 11.5 Å². The second-order valence-corrected chi connectivity index (χ2v) is 5.63. The molecule has 0 aliphatic carbocycles. The number of nitrogens with one attached hydrogen (secondary N) is 2. The maximum absolute atomic E-state index is 12.2. The predicted octanol–water partition coefficient (Wildman–Crippen LogP) is 3.10. The number of alkyl halides is 2. The molecule has 0 radical (unpaired) electrons. The highest BCUT2D eigenvalue weighted by atomic mass is 19.3. The standard InChI is InChI=1S/C19H16F2N2O3/c20-19(21)26-14-7-5-12(6-8-14)9-10-22-17(24)15-11-13-3-1-2-4-16(13)23-18(15)25/h1-8,11,19H,9-10H2,(H,22,24)(H,23,25). The fraction of sp³-hybridized carbons (Fsp3) is 0.158. The molecule has 3 rings (SSSR count). The first kappa shape index (κ1) is 17.6. The first-order chi connectivity index (χ1) is 12.5. The van der Waals surface area contributed by atoms with Gasteiger partial charge in [0.15, 0.2) is 0 Å². The Balaban J connectivity index is 1.60. The number of hydrogen-bond acceptors (Lipinski definition) is 3. The molecule has 1 heterocycles. The summed E-state index contributed by atoms with van der Waals surface area (Å²) in [5, 5.41) is 3.46. The van der Waals surface area contributed by atoms with Crippen LogP contribution >= 0.6 is 0 Å². The van der Waals surface area contributed by atoms with Crippen LogP contribution in [0.4, 0.5) is 8.78 Å². The normalized spacial score (nSPS) is 10.9. The summed E-state index contributed by atoms with van der Waals surface area (Å²) in [6.45, 7) is -2.56. The van der Waals surface area contributed by atoms with Gasteiger partial charge in [0.2, 0.25) is 0 Å². The van der Waals surface area contributed by atoms with E-state index in [1.807, 2.05) is 12.1 Å². The molecule has 7 heteroatoms. The summed E-state index contributed by atoms with van der Waals surface area (Å²) in [4.78, 5) is 27.0. The monoisotopic (exact) mass is 358 g/mol. The average molecular weight is 358 g/mol. The number of ether oxygens (including phenoxy) is 1. The molecule has 0 fully saturated rings. The molecule has 1 aromatic heterocycles. The predicted molar refractivity (Wildman–Crippen MR) is 93.7 cm³/mol. The van der Waals surface area contributed by atoms with Crippen molar-refractivity contribution in [3.8, 4) is 5.75 Å². The van der Waals surface area contributed by atoms with Gasteiger partial charge in [-0.15, -0.1) is 0 Å². The molecule has 0 saturated carbocycles. The molecule has 2 N–H and O–H groups in total. The zero-order valence-electron chi connectivity index (χ0n) is 13.7. The van der Waals surface area contributed by atoms with E-state index in [2.05, 4.69) is 15.0 Å². The smallest absolute Gasteiger partial charge is 0.387 e. The molecular formula is C19H16F2N2O3. The maximum atomic E-state index is 12.2. The third-order valence-electron chi connectivity index (χ3n) is 3.85. The first-order valence-corrected chi connectivity index (χ1v) is 7.97. The van der Waals surface area contributed by atoms with E-state index in [1.54, 1.807) is 30.3 Å². The van der Waals surface area contributed by atoms with Gasteiger partial charge in [0.05, 0.1) is 0 Å². The molecule has 26 heavy (non-hydrogen) atoms. The molecule has 134 valence electrons. The zero-order valence-corrected chi connectivity index (χ0v) is 13.7. The Hall–Kier alpha value is -3.22. The number of H-pyrrole nitrogens is 1. The third kappa shape index (κ3) is 4.24. The Morgan fingerprint density at radius 2 is 1.85 bits per heavy atom. The number of aromatic nitrogens is 1. The first-order valence-electron chi connectivity index (χ1n) is 7.97. The van der Waals surface area contributed by atoms with Crippen LogP contribution in [0.5, 0.6) is 5.75 Å². The Bertz CT molecular complexity index is 968. The van der Waals surface area contributed by atoms with Crippen molar-refractivity contribution in [1.29, 1.82) is 0 Å². The Kier molecular flexibility index (Phi) is 5.26. The van der Waals surface area contributed by atoms with Gasteiger partial charge in [-0.3, -0.25) is 9.59 Å². The van der Waals surface area contributed by atoms with E-state index in [0.717, 1.165) is 10.9 Å². The van der Waals surface area contributed by atoms with E-state index in [9.17, 15) is 18.4 Å². The van der Waals surface area contributed by atoms with Crippen LogP contribution in [0.1, 0.15) is 15.9 Å². The van der Waals surface area contributed by atoms with Crippen molar-refractivity contribution in [3.63, 3.8) is 0 Å². The minimum atomic E-state index is -2.86. The molecular weight excluding hydrogens is 342 g/mol. The number of pyridine rings is 1. The van der Waals surface area contributed by atoms with Crippen molar-refractivity contribution < 1.29 is 18.3 Å². The van der Waals surface area contributed by atoms with Crippen molar-refractivity contribution in [3.05, 3.63) is 76.1 Å². The van der Waals surface area contributed by atoms with E-state index in [1.165, 1.54) is 12.1 Å². The molecule has 0 aliphatic rings. The van der Waals surface area contributed by atoms with Gasteiger partial charge in [0.1, 0.15) is 11.3 Å². The Morgan fingerprint density at radius 1 is 1.12 bits per heavy atom. The molecule has 5 nitrogen and oxygen atoms in total. The lowest BCUT2D eigenvalue weighted by Gasteiger charge is -2.07. The zero-order chi connectivity index (χ0) is 18.5. The van der Waals surface area contributed by atoms with Crippen LogP contribution in [0.3, 0.4) is 0 Å². The van der Waals surface area contributed by atoms with E-state index < -0.39 is 18.1 Å². The van der Waals surface area contributed by atoms with Gasteiger partial charge in [-0.25, -0.2) is 0 Å². The minimum absolute atomic E-state index is 0.0457. The van der Waals surface area contributed by atoms with Crippen LogP contribution < -0.4 is 15.6 Å². The molecule has 0 bridgehead atoms. The van der Waals surface area contributed by atoms with Crippen LogP contribution in [-0.4, -0.2) is 24.0 Å². The van der Waals surface area contributed by atoms with Crippen molar-refractivity contribution in [2.24, 2.45) is 0 Å². The second-order valence-electron chi connectivity index (χ2n) is 5.63. The van der Waals surface area contributed by atoms with Crippen molar-refractivity contribution in [2.45, 2.75) is 13.0 Å². The van der Waals surface area contributed by atoms with Crippen LogP contribution in [0, 0.1) is 0 Å². The quantitative estimate of drug-likeness (QED) is 0.711. The van der Waals surface area contributed by atoms with Crippen LogP contribution in [-0.2, 0) is 6.42 Å². The SMILES string of the molecule is O=C(NCCc1ccc(OC(F)F)cc1)c1cc2ccccc2[nH]c1=O. The summed E-state index contributed by atoms with van der Waals surface area (Å²) < 4.78 is 28.5. The lowest BCUT2D eigenvalue weighted by molar-refractivity contribution is -0.0498. The molecule has 0 aliphatic heterocycles. The highest BCUT2D eigenvalue weighted by Gasteiger charge is 2.11. The summed E-state index contributed by atoms with van der Waals surface area (Å²) >= 11 is 0. The van der Waals surface area contributed by atoms with E-state index in [-0.39, 0.29) is 11.3 Å². The average Bonchev–Trinajstić information content (AvgIpc) is 2.62. The number of para-hydroxylation sites is 1. The Morgan fingerprint density at radius 3 is 2.58 bits per heavy atom. The lowest BCUT2D eigenvalue weighted by Crippen LogP contribution is -2.31. The van der Waals surface area contributed by atoms with Gasteiger partial charge in [-0.1, -0.05) is 30.3 Å². The minimum Gasteiger partial charge on any atom is -0.435 e. The number of carbonyl (C=O) groups is 1. The number of aromatic amines is 1. The number of hydrogen-bond donors (Lipinski definition) is 2. The molecule has 0 saturated heterocycles. The van der Waals surface area contributed by atoms with Crippen LogP contribution in [0.2, 0.25) is 0 Å². The van der Waals surface area contributed by atoms with E-state index in [4.69, 9.17) is 0 Å². The largest absolute Gasteiger partial charge is 0.435 e. The maximum Gasteiger partial charge on any atom is 0.387 e. The fourth-order valence-electron chi connectivity index (χ4n) is 2.57. The van der Waals surface area contributed by atoms with Gasteiger partial charge in [-0.05, 0) is 41.6 Å². The number of fused-ring (bicyclic) bond motifs is 1. The molecule has 0 atom stereocenters.